The van der Waals surface area contributed by atoms with Gasteiger partial charge in [-0.05, 0) is 48.4 Å². The Morgan fingerprint density at radius 2 is 1.60 bits per heavy atom. The molecule has 10 nitrogen and oxygen atoms in total. The summed E-state index contributed by atoms with van der Waals surface area (Å²) in [5, 5.41) is 1.21. The predicted octanol–water partition coefficient (Wildman–Crippen LogP) is 3.19. The summed E-state index contributed by atoms with van der Waals surface area (Å²) in [6.45, 7) is 2.16. The van der Waals surface area contributed by atoms with Crippen LogP contribution in [0.4, 0.5) is 11.4 Å². The summed E-state index contributed by atoms with van der Waals surface area (Å²) >= 11 is 0. The summed E-state index contributed by atoms with van der Waals surface area (Å²) in [5.41, 5.74) is 2.15. The SMILES string of the molecule is CN([C@@H](Cc1ccc(NS(C)(=O)=O)cc1)C(=O)N1CCN(c2ccccc2)CC1)S(=O)(=O)c1cccc2cnccc12. The van der Waals surface area contributed by atoms with Crippen molar-refractivity contribution < 1.29 is 21.6 Å². The van der Waals surface area contributed by atoms with E-state index in [0.29, 0.717) is 48.2 Å². The van der Waals surface area contributed by atoms with E-state index in [1.165, 1.54) is 7.05 Å². The molecule has 1 aromatic heterocycles. The van der Waals surface area contributed by atoms with Crippen LogP contribution in [0.3, 0.4) is 0 Å². The van der Waals surface area contributed by atoms with E-state index >= 15 is 0 Å². The molecular weight excluding hydrogens is 574 g/mol. The number of likely N-dealkylation sites (N-methyl/N-ethyl adjacent to an activating group) is 1. The molecule has 2 heterocycles. The van der Waals surface area contributed by atoms with Crippen molar-refractivity contribution in [2.24, 2.45) is 0 Å². The van der Waals surface area contributed by atoms with Crippen molar-refractivity contribution in [2.45, 2.75) is 17.4 Å². The number of carbonyl (C=O) groups excluding carboxylic acids is 1. The third-order valence-electron chi connectivity index (χ3n) is 7.42. The second-order valence-corrected chi connectivity index (χ2v) is 14.0. The Morgan fingerprint density at radius 1 is 0.905 bits per heavy atom. The first-order valence-corrected chi connectivity index (χ1v) is 16.8. The minimum absolute atomic E-state index is 0.101. The molecule has 1 aliphatic rings. The van der Waals surface area contributed by atoms with Crippen LogP contribution in [0.15, 0.2) is 96.2 Å². The van der Waals surface area contributed by atoms with Crippen LogP contribution < -0.4 is 9.62 Å². The Morgan fingerprint density at radius 3 is 2.26 bits per heavy atom. The van der Waals surface area contributed by atoms with Gasteiger partial charge in [-0.3, -0.25) is 14.5 Å². The summed E-state index contributed by atoms with van der Waals surface area (Å²) in [4.78, 5) is 22.2. The molecule has 0 saturated carbocycles. The Labute approximate surface area is 246 Å². The number of hydrogen-bond acceptors (Lipinski definition) is 7. The molecule has 42 heavy (non-hydrogen) atoms. The van der Waals surface area contributed by atoms with Crippen LogP contribution in [0.1, 0.15) is 5.56 Å². The lowest BCUT2D eigenvalue weighted by Crippen LogP contribution is -2.56. The Balaban J connectivity index is 1.44. The van der Waals surface area contributed by atoms with Crippen LogP contribution in [0.2, 0.25) is 0 Å². The van der Waals surface area contributed by atoms with Crippen LogP contribution in [0, 0.1) is 0 Å². The number of benzene rings is 3. The first-order valence-electron chi connectivity index (χ1n) is 13.5. The van der Waals surface area contributed by atoms with E-state index in [-0.39, 0.29) is 17.2 Å². The monoisotopic (exact) mass is 607 g/mol. The van der Waals surface area contributed by atoms with Crippen molar-refractivity contribution in [3.05, 3.63) is 96.8 Å². The van der Waals surface area contributed by atoms with Gasteiger partial charge in [-0.1, -0.05) is 42.5 Å². The molecule has 1 saturated heterocycles. The third-order valence-corrected chi connectivity index (χ3v) is 9.95. The molecule has 0 aliphatic carbocycles. The van der Waals surface area contributed by atoms with Crippen LogP contribution >= 0.6 is 0 Å². The lowest BCUT2D eigenvalue weighted by molar-refractivity contribution is -0.135. The number of anilines is 2. The number of rotatable bonds is 9. The fourth-order valence-corrected chi connectivity index (χ4v) is 7.28. The smallest absolute Gasteiger partial charge is 0.244 e. The van der Waals surface area contributed by atoms with Crippen molar-refractivity contribution in [1.82, 2.24) is 14.2 Å². The maximum Gasteiger partial charge on any atom is 0.244 e. The van der Waals surface area contributed by atoms with Crippen molar-refractivity contribution >= 4 is 48.1 Å². The predicted molar refractivity (Wildman–Crippen MR) is 164 cm³/mol. The Bertz CT molecular complexity index is 1770. The minimum atomic E-state index is -4.10. The zero-order chi connectivity index (χ0) is 29.9. The number of hydrogen-bond donors (Lipinski definition) is 1. The standard InChI is InChI=1S/C30H33N5O5S2/c1-33(42(39,40)29-10-6-7-24-22-31-16-15-27(24)29)28(21-23-11-13-25(14-12-23)32-41(2,37)38)30(36)35-19-17-34(18-20-35)26-8-4-3-5-9-26/h3-16,22,28,32H,17-21H2,1-2H3/t28-/m0/s1. The summed E-state index contributed by atoms with van der Waals surface area (Å²) in [7, 11) is -6.11. The summed E-state index contributed by atoms with van der Waals surface area (Å²) in [6.07, 6.45) is 4.33. The highest BCUT2D eigenvalue weighted by Gasteiger charge is 2.37. The second-order valence-electron chi connectivity index (χ2n) is 10.3. The number of sulfonamides is 2. The molecule has 0 unspecified atom stereocenters. The average Bonchev–Trinajstić information content (AvgIpc) is 2.99. The summed E-state index contributed by atoms with van der Waals surface area (Å²) < 4.78 is 55.0. The normalized spacial score (nSPS) is 15.1. The van der Waals surface area contributed by atoms with Gasteiger partial charge in [-0.25, -0.2) is 16.8 Å². The Hall–Kier alpha value is -4.00. The van der Waals surface area contributed by atoms with Gasteiger partial charge in [-0.15, -0.1) is 0 Å². The number of amides is 1. The highest BCUT2D eigenvalue weighted by molar-refractivity contribution is 7.92. The largest absolute Gasteiger partial charge is 0.368 e. The molecule has 0 bridgehead atoms. The maximum absolute atomic E-state index is 14.1. The van der Waals surface area contributed by atoms with Crippen LogP contribution in [-0.4, -0.2) is 82.5 Å². The van der Waals surface area contributed by atoms with Crippen molar-refractivity contribution in [3.63, 3.8) is 0 Å². The fourth-order valence-electron chi connectivity index (χ4n) is 5.19. The van der Waals surface area contributed by atoms with Crippen LogP contribution in [0.5, 0.6) is 0 Å². The van der Waals surface area contributed by atoms with E-state index < -0.39 is 26.1 Å². The molecule has 1 aliphatic heterocycles. The molecule has 4 aromatic rings. The number of piperazine rings is 1. The molecule has 1 amide bonds. The van der Waals surface area contributed by atoms with E-state index in [1.54, 1.807) is 65.8 Å². The number of nitrogens with zero attached hydrogens (tertiary/aromatic N) is 4. The zero-order valence-corrected chi connectivity index (χ0v) is 25.1. The van der Waals surface area contributed by atoms with Gasteiger partial charge in [0.2, 0.25) is 26.0 Å². The molecule has 0 spiro atoms. The van der Waals surface area contributed by atoms with Gasteiger partial charge in [0.1, 0.15) is 6.04 Å². The highest BCUT2D eigenvalue weighted by atomic mass is 32.2. The number of pyridine rings is 1. The number of aromatic nitrogens is 1. The maximum atomic E-state index is 14.1. The van der Waals surface area contributed by atoms with Crippen molar-refractivity contribution in [1.29, 1.82) is 0 Å². The fraction of sp³-hybridized carbons (Fsp3) is 0.267. The number of nitrogens with one attached hydrogen (secondary N) is 1. The molecular formula is C30H33N5O5S2. The summed E-state index contributed by atoms with van der Waals surface area (Å²) in [5.74, 6) is -0.283. The van der Waals surface area contributed by atoms with Crippen LogP contribution in [0.25, 0.3) is 10.8 Å². The second kappa shape index (κ2) is 12.1. The molecule has 1 N–H and O–H groups in total. The molecule has 3 aromatic carbocycles. The summed E-state index contributed by atoms with van der Waals surface area (Å²) in [6, 6.07) is 22.2. The highest BCUT2D eigenvalue weighted by Crippen LogP contribution is 2.28. The lowest BCUT2D eigenvalue weighted by atomic mass is 10.0. The van der Waals surface area contributed by atoms with Gasteiger partial charge in [0, 0.05) is 67.8 Å². The van der Waals surface area contributed by atoms with Gasteiger partial charge in [0.05, 0.1) is 11.2 Å². The number of carbonyl (C=O) groups is 1. The van der Waals surface area contributed by atoms with Gasteiger partial charge in [-0.2, -0.15) is 4.31 Å². The average molecular weight is 608 g/mol. The van der Waals surface area contributed by atoms with Gasteiger partial charge >= 0.3 is 0 Å². The number of fused-ring (bicyclic) bond motifs is 1. The van der Waals surface area contributed by atoms with Gasteiger partial charge in [0.15, 0.2) is 0 Å². The zero-order valence-electron chi connectivity index (χ0n) is 23.4. The van der Waals surface area contributed by atoms with Gasteiger partial charge in [0.25, 0.3) is 0 Å². The van der Waals surface area contributed by atoms with Crippen molar-refractivity contribution in [2.75, 3.05) is 49.1 Å². The molecule has 220 valence electrons. The molecule has 5 rings (SSSR count). The molecule has 0 radical (unpaired) electrons. The van der Waals surface area contributed by atoms with E-state index in [4.69, 9.17) is 0 Å². The van der Waals surface area contributed by atoms with Gasteiger partial charge < -0.3 is 9.80 Å². The quantitative estimate of drug-likeness (QED) is 0.310. The molecule has 1 atom stereocenters. The first kappa shape index (κ1) is 29.5. The lowest BCUT2D eigenvalue weighted by Gasteiger charge is -2.39. The topological polar surface area (TPSA) is 120 Å². The Kier molecular flexibility index (Phi) is 8.48. The van der Waals surface area contributed by atoms with Crippen LogP contribution in [-0.2, 0) is 31.3 Å². The van der Waals surface area contributed by atoms with E-state index in [9.17, 15) is 21.6 Å². The van der Waals surface area contributed by atoms with Crippen molar-refractivity contribution in [3.8, 4) is 0 Å². The van der Waals surface area contributed by atoms with E-state index in [1.807, 2.05) is 30.3 Å². The molecule has 12 heteroatoms. The number of para-hydroxylation sites is 1. The third kappa shape index (κ3) is 6.56. The minimum Gasteiger partial charge on any atom is -0.368 e. The molecule has 1 fully saturated rings. The van der Waals surface area contributed by atoms with E-state index in [2.05, 4.69) is 14.6 Å². The first-order chi connectivity index (χ1) is 20.0. The van der Waals surface area contributed by atoms with E-state index in [0.717, 1.165) is 16.2 Å².